The van der Waals surface area contributed by atoms with E-state index in [0.29, 0.717) is 50.0 Å². The van der Waals surface area contributed by atoms with Crippen molar-refractivity contribution in [2.24, 2.45) is 0 Å². The smallest absolute Gasteiger partial charge is 0.254 e. The molecule has 1 aliphatic carbocycles. The minimum absolute atomic E-state index is 0.102. The van der Waals surface area contributed by atoms with Crippen molar-refractivity contribution in [3.8, 4) is 11.1 Å². The van der Waals surface area contributed by atoms with Crippen LogP contribution in [0.3, 0.4) is 0 Å². The van der Waals surface area contributed by atoms with Crippen molar-refractivity contribution >= 4 is 11.8 Å². The second-order valence-electron chi connectivity index (χ2n) is 10.2. The van der Waals surface area contributed by atoms with Crippen molar-refractivity contribution in [2.75, 3.05) is 45.9 Å². The molecule has 0 spiro atoms. The summed E-state index contributed by atoms with van der Waals surface area (Å²) in [5.41, 5.74) is 3.26. The third-order valence-electron chi connectivity index (χ3n) is 8.27. The Balaban J connectivity index is 1.17. The first-order chi connectivity index (χ1) is 17.1. The van der Waals surface area contributed by atoms with Gasteiger partial charge in [0.2, 0.25) is 0 Å². The van der Waals surface area contributed by atoms with Gasteiger partial charge in [-0.15, -0.1) is 0 Å². The molecule has 0 N–H and O–H groups in total. The molecule has 35 heavy (non-hydrogen) atoms. The van der Waals surface area contributed by atoms with Gasteiger partial charge in [-0.1, -0.05) is 24.6 Å². The normalized spacial score (nSPS) is 23.3. The number of nitrogens with zero attached hydrogens (tertiary/aromatic N) is 3. The third kappa shape index (κ3) is 4.25. The lowest BCUT2D eigenvalue weighted by Gasteiger charge is -2.37. The lowest BCUT2D eigenvalue weighted by molar-refractivity contribution is 0.0302. The van der Waals surface area contributed by atoms with Gasteiger partial charge in [0, 0.05) is 61.5 Å². The second kappa shape index (κ2) is 9.36. The predicted octanol–water partition coefficient (Wildman–Crippen LogP) is 3.59. The lowest BCUT2D eigenvalue weighted by Crippen LogP contribution is -2.47. The van der Waals surface area contributed by atoms with Crippen LogP contribution in [0.25, 0.3) is 11.1 Å². The van der Waals surface area contributed by atoms with Crippen LogP contribution in [-0.2, 0) is 11.2 Å². The van der Waals surface area contributed by atoms with Crippen molar-refractivity contribution in [1.29, 1.82) is 0 Å². The van der Waals surface area contributed by atoms with Gasteiger partial charge in [0.25, 0.3) is 11.8 Å². The highest BCUT2D eigenvalue weighted by Crippen LogP contribution is 2.33. The van der Waals surface area contributed by atoms with E-state index >= 15 is 4.39 Å². The van der Waals surface area contributed by atoms with E-state index in [1.807, 2.05) is 18.2 Å². The number of halogens is 1. The molecule has 3 heterocycles. The average Bonchev–Trinajstić information content (AvgIpc) is 3.32. The number of hydrogen-bond donors (Lipinski definition) is 0. The molecule has 0 radical (unpaired) electrons. The molecular formula is C28H32FN3O3. The fourth-order valence-electron chi connectivity index (χ4n) is 5.96. The van der Waals surface area contributed by atoms with E-state index in [9.17, 15) is 9.59 Å². The molecule has 2 amide bonds. The van der Waals surface area contributed by atoms with Crippen molar-refractivity contribution in [3.63, 3.8) is 0 Å². The maximum atomic E-state index is 15.1. The molecule has 0 bridgehead atoms. The van der Waals surface area contributed by atoms with Gasteiger partial charge in [-0.3, -0.25) is 14.5 Å². The quantitative estimate of drug-likeness (QED) is 0.676. The van der Waals surface area contributed by atoms with Crippen LogP contribution in [-0.4, -0.2) is 84.5 Å². The number of hydrogen-bond acceptors (Lipinski definition) is 4. The SMILES string of the molecule is O=C(c1ccc(-c2ccc3c(c2)CCN([C@H]2CCN(C4CCC4)C2)C3=O)c(F)c1)N1CCOCC1. The number of benzene rings is 2. The highest BCUT2D eigenvalue weighted by molar-refractivity contribution is 5.98. The van der Waals surface area contributed by atoms with Crippen LogP contribution in [0.15, 0.2) is 36.4 Å². The van der Waals surface area contributed by atoms with E-state index in [-0.39, 0.29) is 11.8 Å². The maximum absolute atomic E-state index is 15.1. The minimum Gasteiger partial charge on any atom is -0.378 e. The van der Waals surface area contributed by atoms with E-state index in [4.69, 9.17) is 4.74 Å². The van der Waals surface area contributed by atoms with Gasteiger partial charge >= 0.3 is 0 Å². The largest absolute Gasteiger partial charge is 0.378 e. The molecule has 4 aliphatic rings. The van der Waals surface area contributed by atoms with Gasteiger partial charge in [-0.05, 0) is 55.0 Å². The van der Waals surface area contributed by atoms with Crippen LogP contribution >= 0.6 is 0 Å². The predicted molar refractivity (Wildman–Crippen MR) is 131 cm³/mol. The molecule has 1 saturated carbocycles. The van der Waals surface area contributed by atoms with Gasteiger partial charge in [0.05, 0.1) is 13.2 Å². The van der Waals surface area contributed by atoms with E-state index < -0.39 is 5.82 Å². The van der Waals surface area contributed by atoms with E-state index in [2.05, 4.69) is 9.80 Å². The van der Waals surface area contributed by atoms with Gasteiger partial charge in [-0.2, -0.15) is 0 Å². The monoisotopic (exact) mass is 477 g/mol. The second-order valence-corrected chi connectivity index (χ2v) is 10.2. The molecule has 0 unspecified atom stereocenters. The number of fused-ring (bicyclic) bond motifs is 1. The summed E-state index contributed by atoms with van der Waals surface area (Å²) < 4.78 is 20.4. The molecule has 184 valence electrons. The Morgan fingerprint density at radius 2 is 1.71 bits per heavy atom. The van der Waals surface area contributed by atoms with E-state index in [1.54, 1.807) is 17.0 Å². The highest BCUT2D eigenvalue weighted by atomic mass is 19.1. The Labute approximate surface area is 205 Å². The molecule has 2 aromatic rings. The fourth-order valence-corrected chi connectivity index (χ4v) is 5.96. The number of carbonyl (C=O) groups excluding carboxylic acids is 2. The highest BCUT2D eigenvalue weighted by Gasteiger charge is 2.37. The first kappa shape index (κ1) is 22.7. The summed E-state index contributed by atoms with van der Waals surface area (Å²) in [6, 6.07) is 11.3. The van der Waals surface area contributed by atoms with Crippen LogP contribution in [0.1, 0.15) is 52.0 Å². The number of amides is 2. The topological polar surface area (TPSA) is 53.1 Å². The Bertz CT molecular complexity index is 1140. The number of morpholine rings is 1. The number of ether oxygens (including phenoxy) is 1. The molecule has 0 aromatic heterocycles. The van der Waals surface area contributed by atoms with Crippen LogP contribution in [0, 0.1) is 5.82 Å². The zero-order chi connectivity index (χ0) is 23.9. The van der Waals surface area contributed by atoms with Gasteiger partial charge in [-0.25, -0.2) is 4.39 Å². The summed E-state index contributed by atoms with van der Waals surface area (Å²) >= 11 is 0. The maximum Gasteiger partial charge on any atom is 0.254 e. The van der Waals surface area contributed by atoms with Crippen LogP contribution in [0.4, 0.5) is 4.39 Å². The molecular weight excluding hydrogens is 445 g/mol. The summed E-state index contributed by atoms with van der Waals surface area (Å²) in [4.78, 5) is 32.4. The van der Waals surface area contributed by atoms with Crippen molar-refractivity contribution in [2.45, 2.75) is 44.2 Å². The summed E-state index contributed by atoms with van der Waals surface area (Å²) in [5.74, 6) is -0.488. The van der Waals surface area contributed by atoms with Crippen molar-refractivity contribution in [1.82, 2.24) is 14.7 Å². The lowest BCUT2D eigenvalue weighted by atomic mass is 9.91. The Hall–Kier alpha value is -2.77. The molecule has 2 saturated heterocycles. The molecule has 6 rings (SSSR count). The summed E-state index contributed by atoms with van der Waals surface area (Å²) in [6.45, 7) is 4.87. The summed E-state index contributed by atoms with van der Waals surface area (Å²) in [6.07, 6.45) is 5.76. The third-order valence-corrected chi connectivity index (χ3v) is 8.27. The number of carbonyl (C=O) groups is 2. The fraction of sp³-hybridized carbons (Fsp3) is 0.500. The molecule has 3 aliphatic heterocycles. The van der Waals surface area contributed by atoms with Crippen LogP contribution in [0.5, 0.6) is 0 Å². The molecule has 3 fully saturated rings. The molecule has 7 heteroatoms. The van der Waals surface area contributed by atoms with Crippen LogP contribution < -0.4 is 0 Å². The Morgan fingerprint density at radius 3 is 2.46 bits per heavy atom. The number of rotatable bonds is 4. The average molecular weight is 478 g/mol. The van der Waals surface area contributed by atoms with Gasteiger partial charge in [0.15, 0.2) is 0 Å². The van der Waals surface area contributed by atoms with Crippen molar-refractivity contribution < 1.29 is 18.7 Å². The van der Waals surface area contributed by atoms with Gasteiger partial charge in [0.1, 0.15) is 5.82 Å². The Kier molecular flexibility index (Phi) is 6.06. The molecule has 6 nitrogen and oxygen atoms in total. The minimum atomic E-state index is -0.421. The Morgan fingerprint density at radius 1 is 0.914 bits per heavy atom. The molecule has 2 aromatic carbocycles. The standard InChI is InChI=1S/C28H32FN3O3/c29-26-17-21(27(33)30-12-14-35-15-13-30)5-6-24(26)19-4-7-25-20(16-19)8-11-32(28(25)34)23-9-10-31(18-23)22-2-1-3-22/h4-7,16-17,22-23H,1-3,8-15,18H2/t23-/m0/s1. The molecule has 1 atom stereocenters. The first-order valence-corrected chi connectivity index (χ1v) is 12.9. The summed E-state index contributed by atoms with van der Waals surface area (Å²) in [7, 11) is 0. The van der Waals surface area contributed by atoms with Gasteiger partial charge < -0.3 is 14.5 Å². The zero-order valence-electron chi connectivity index (χ0n) is 20.0. The van der Waals surface area contributed by atoms with Crippen molar-refractivity contribution in [3.05, 3.63) is 58.9 Å². The number of likely N-dealkylation sites (tertiary alicyclic amines) is 1. The summed E-state index contributed by atoms with van der Waals surface area (Å²) in [5, 5.41) is 0. The zero-order valence-corrected chi connectivity index (χ0v) is 20.0. The van der Waals surface area contributed by atoms with E-state index in [1.165, 1.54) is 25.3 Å². The van der Waals surface area contributed by atoms with E-state index in [0.717, 1.165) is 48.7 Å². The van der Waals surface area contributed by atoms with Crippen LogP contribution in [0.2, 0.25) is 0 Å². The first-order valence-electron chi connectivity index (χ1n) is 12.9.